The van der Waals surface area contributed by atoms with Crippen LogP contribution in [0, 0.1) is 39.9 Å². The van der Waals surface area contributed by atoms with Gasteiger partial charge in [-0.1, -0.05) is 35.9 Å². The summed E-state index contributed by atoms with van der Waals surface area (Å²) in [6.45, 7) is 6.17. The number of aliphatic hydroxyl groups is 1. The average molecular weight is 366 g/mol. The lowest BCUT2D eigenvalue weighted by Gasteiger charge is -2.55. The van der Waals surface area contributed by atoms with E-state index in [2.05, 4.69) is 35.0 Å². The first-order valence-corrected chi connectivity index (χ1v) is 9.07. The van der Waals surface area contributed by atoms with Crippen molar-refractivity contribution in [2.45, 2.75) is 56.9 Å². The van der Waals surface area contributed by atoms with Gasteiger partial charge in [-0.15, -0.1) is 0 Å². The lowest BCUT2D eigenvalue weighted by molar-refractivity contribution is -0.134. The highest BCUT2D eigenvalue weighted by atomic mass is 79.9. The molecule has 0 radical (unpaired) electrons. The quantitative estimate of drug-likeness (QED) is 0.760. The molecule has 0 saturated heterocycles. The minimum absolute atomic E-state index is 0.101. The zero-order valence-corrected chi connectivity index (χ0v) is 15.1. The number of carbonyl (C=O) groups is 1. The lowest BCUT2D eigenvalue weighted by atomic mass is 9.49. The predicted octanol–water partition coefficient (Wildman–Crippen LogP) is 3.61. The number of carbonyl (C=O) groups excluding carboxylic acids is 1. The van der Waals surface area contributed by atoms with E-state index in [1.165, 1.54) is 0 Å². The fraction of sp³-hybridized carbons (Fsp3) is 0.778. The number of allylic oxidation sites excluding steroid dienone is 2. The van der Waals surface area contributed by atoms with Crippen molar-refractivity contribution in [3.8, 4) is 6.07 Å². The number of ketones is 1. The van der Waals surface area contributed by atoms with Gasteiger partial charge in [-0.2, -0.15) is 5.26 Å². The highest BCUT2D eigenvalue weighted by molar-refractivity contribution is 9.09. The molecule has 120 valence electrons. The van der Waals surface area contributed by atoms with E-state index in [-0.39, 0.29) is 27.9 Å². The fourth-order valence-corrected chi connectivity index (χ4v) is 6.95. The highest BCUT2D eigenvalue weighted by Crippen LogP contribution is 2.68. The third kappa shape index (κ3) is 1.98. The Hall–Kier alpha value is -0.660. The molecule has 1 N–H and O–H groups in total. The Morgan fingerprint density at radius 1 is 1.50 bits per heavy atom. The van der Waals surface area contributed by atoms with Gasteiger partial charge < -0.3 is 5.11 Å². The first kappa shape index (κ1) is 16.2. The van der Waals surface area contributed by atoms with E-state index in [1.54, 1.807) is 6.08 Å². The smallest absolute Gasteiger partial charge is 0.161 e. The number of hydrogen-bond acceptors (Lipinski definition) is 3. The lowest BCUT2D eigenvalue weighted by Crippen LogP contribution is -2.54. The molecule has 4 heteroatoms. The summed E-state index contributed by atoms with van der Waals surface area (Å²) in [4.78, 5) is 12.9. The van der Waals surface area contributed by atoms with E-state index < -0.39 is 11.0 Å². The topological polar surface area (TPSA) is 61.1 Å². The Balaban J connectivity index is 2.11. The summed E-state index contributed by atoms with van der Waals surface area (Å²) < 4.78 is 0. The summed E-state index contributed by atoms with van der Waals surface area (Å²) in [7, 11) is 0. The van der Waals surface area contributed by atoms with Gasteiger partial charge >= 0.3 is 0 Å². The van der Waals surface area contributed by atoms with E-state index >= 15 is 0 Å². The average Bonchev–Trinajstić information content (AvgIpc) is 2.68. The van der Waals surface area contributed by atoms with Crippen LogP contribution in [0.5, 0.6) is 0 Å². The zero-order valence-electron chi connectivity index (χ0n) is 13.5. The number of halogens is 1. The third-order valence-electron chi connectivity index (χ3n) is 6.69. The number of rotatable bonds is 2. The second-order valence-corrected chi connectivity index (χ2v) is 9.19. The molecule has 2 saturated carbocycles. The van der Waals surface area contributed by atoms with Crippen LogP contribution < -0.4 is 0 Å². The zero-order chi connectivity index (χ0) is 16.3. The number of fused-ring (bicyclic) bond motifs is 1. The van der Waals surface area contributed by atoms with Crippen LogP contribution in [0.1, 0.15) is 46.5 Å². The van der Waals surface area contributed by atoms with Crippen molar-refractivity contribution in [2.24, 2.45) is 28.6 Å². The van der Waals surface area contributed by atoms with E-state index in [0.717, 1.165) is 6.42 Å². The van der Waals surface area contributed by atoms with Gasteiger partial charge in [0.2, 0.25) is 0 Å². The minimum Gasteiger partial charge on any atom is -0.390 e. The van der Waals surface area contributed by atoms with E-state index in [4.69, 9.17) is 5.26 Å². The molecule has 0 aromatic heterocycles. The first-order valence-electron chi connectivity index (χ1n) is 8.15. The molecule has 0 aromatic rings. The molecule has 0 amide bonds. The van der Waals surface area contributed by atoms with E-state index in [0.29, 0.717) is 25.2 Å². The summed E-state index contributed by atoms with van der Waals surface area (Å²) in [5.74, 6) is 0.845. The molecule has 7 atom stereocenters. The van der Waals surface area contributed by atoms with Crippen molar-refractivity contribution >= 4 is 21.7 Å². The molecular weight excluding hydrogens is 342 g/mol. The van der Waals surface area contributed by atoms with Crippen LogP contribution in [0.3, 0.4) is 0 Å². The second kappa shape index (κ2) is 4.92. The van der Waals surface area contributed by atoms with Crippen molar-refractivity contribution in [1.29, 1.82) is 5.26 Å². The largest absolute Gasteiger partial charge is 0.390 e. The van der Waals surface area contributed by atoms with Crippen LogP contribution in [-0.2, 0) is 4.79 Å². The van der Waals surface area contributed by atoms with Crippen molar-refractivity contribution in [2.75, 3.05) is 0 Å². The Morgan fingerprint density at radius 3 is 2.82 bits per heavy atom. The summed E-state index contributed by atoms with van der Waals surface area (Å²) in [5, 5.41) is 19.9. The molecule has 3 rings (SSSR count). The third-order valence-corrected chi connectivity index (χ3v) is 8.16. The van der Waals surface area contributed by atoms with Crippen LogP contribution in [0.4, 0.5) is 0 Å². The molecule has 1 spiro atoms. The van der Waals surface area contributed by atoms with Crippen LogP contribution in [0.15, 0.2) is 12.2 Å². The standard InChI is InChI=1S/C18H24BrNO2/c1-11-14(19)12-9-18(10-17(12,3)22)7-5-13(21)16(2,15(11)18)6-4-8-20/h5,7,11-12,14-15,22H,4,6,9-10H2,1-3H3/t11?,12?,14-,15?,16-,17?,18?/m1/s1. The van der Waals surface area contributed by atoms with E-state index in [1.807, 2.05) is 13.8 Å². The summed E-state index contributed by atoms with van der Waals surface area (Å²) >= 11 is 3.82. The predicted molar refractivity (Wildman–Crippen MR) is 88.3 cm³/mol. The number of hydrogen-bond donors (Lipinski definition) is 1. The van der Waals surface area contributed by atoms with Gasteiger partial charge in [-0.05, 0) is 49.5 Å². The molecule has 2 bridgehead atoms. The van der Waals surface area contributed by atoms with Gasteiger partial charge in [-0.3, -0.25) is 4.79 Å². The van der Waals surface area contributed by atoms with Crippen LogP contribution >= 0.6 is 15.9 Å². The molecular formula is C18H24BrNO2. The van der Waals surface area contributed by atoms with Crippen molar-refractivity contribution < 1.29 is 9.90 Å². The maximum absolute atomic E-state index is 12.7. The number of alkyl halides is 1. The maximum Gasteiger partial charge on any atom is 0.161 e. The Kier molecular flexibility index (Phi) is 3.62. The molecule has 2 fully saturated rings. The van der Waals surface area contributed by atoms with Crippen molar-refractivity contribution in [3.05, 3.63) is 12.2 Å². The maximum atomic E-state index is 12.7. The number of nitrogens with zero attached hydrogens (tertiary/aromatic N) is 1. The molecule has 0 heterocycles. The molecule has 3 nitrogen and oxygen atoms in total. The highest BCUT2D eigenvalue weighted by Gasteiger charge is 2.67. The normalized spacial score (nSPS) is 53.2. The molecule has 5 unspecified atom stereocenters. The van der Waals surface area contributed by atoms with Crippen molar-refractivity contribution in [3.63, 3.8) is 0 Å². The van der Waals surface area contributed by atoms with Crippen LogP contribution in [0.2, 0.25) is 0 Å². The van der Waals surface area contributed by atoms with Crippen LogP contribution in [0.25, 0.3) is 0 Å². The van der Waals surface area contributed by atoms with Gasteiger partial charge in [0.25, 0.3) is 0 Å². The number of nitriles is 1. The fourth-order valence-electron chi connectivity index (χ4n) is 5.89. The van der Waals surface area contributed by atoms with Gasteiger partial charge in [0.15, 0.2) is 5.78 Å². The van der Waals surface area contributed by atoms with E-state index in [9.17, 15) is 9.90 Å². The Labute approximate surface area is 140 Å². The molecule has 3 aliphatic carbocycles. The summed E-state index contributed by atoms with van der Waals surface area (Å²) in [6.07, 6.45) is 6.47. The summed E-state index contributed by atoms with van der Waals surface area (Å²) in [5.41, 5.74) is -1.30. The second-order valence-electron chi connectivity index (χ2n) is 8.13. The molecule has 0 aliphatic heterocycles. The first-order chi connectivity index (χ1) is 10.2. The SMILES string of the molecule is CC1C2C3(C=CC(=O)[C@@]2(C)CCC#N)CC([C@@H]1Br)C(C)(O)C3. The molecule has 22 heavy (non-hydrogen) atoms. The monoisotopic (exact) mass is 365 g/mol. The Morgan fingerprint density at radius 2 is 2.18 bits per heavy atom. The molecule has 0 aromatic carbocycles. The van der Waals surface area contributed by atoms with Gasteiger partial charge in [0, 0.05) is 22.6 Å². The van der Waals surface area contributed by atoms with Gasteiger partial charge in [0.05, 0.1) is 11.7 Å². The summed E-state index contributed by atoms with van der Waals surface area (Å²) in [6, 6.07) is 2.20. The van der Waals surface area contributed by atoms with Crippen LogP contribution in [-0.4, -0.2) is 21.3 Å². The van der Waals surface area contributed by atoms with Gasteiger partial charge in [0.1, 0.15) is 0 Å². The Bertz CT molecular complexity index is 578. The van der Waals surface area contributed by atoms with Gasteiger partial charge in [-0.25, -0.2) is 0 Å². The minimum atomic E-state index is -0.696. The molecule has 3 aliphatic rings. The van der Waals surface area contributed by atoms with Crippen molar-refractivity contribution in [1.82, 2.24) is 0 Å².